The van der Waals surface area contributed by atoms with E-state index in [2.05, 4.69) is 11.4 Å². The van der Waals surface area contributed by atoms with E-state index >= 15 is 0 Å². The third kappa shape index (κ3) is 5.84. The summed E-state index contributed by atoms with van der Waals surface area (Å²) in [5.41, 5.74) is 0.389. The zero-order chi connectivity index (χ0) is 26.5. The van der Waals surface area contributed by atoms with Crippen molar-refractivity contribution in [3.8, 4) is 11.8 Å². The number of pyridine rings is 1. The summed E-state index contributed by atoms with van der Waals surface area (Å²) in [7, 11) is 1.92. The molecule has 0 radical (unpaired) electrons. The number of hydrogen-bond acceptors (Lipinski definition) is 4. The average molecular weight is 522 g/mol. The molecule has 0 atom stereocenters. The van der Waals surface area contributed by atoms with Crippen LogP contribution in [0.4, 0.5) is 8.78 Å². The zero-order valence-corrected chi connectivity index (χ0v) is 21.1. The van der Waals surface area contributed by atoms with E-state index in [-0.39, 0.29) is 16.8 Å². The topological polar surface area (TPSA) is 84.8 Å². The van der Waals surface area contributed by atoms with Crippen molar-refractivity contribution >= 4 is 17.7 Å². The molecule has 0 fully saturated rings. The summed E-state index contributed by atoms with van der Waals surface area (Å²) >= 11 is 1.32. The van der Waals surface area contributed by atoms with E-state index in [9.17, 15) is 18.4 Å². The maximum Gasteiger partial charge on any atom is 0.268 e. The van der Waals surface area contributed by atoms with E-state index < -0.39 is 17.9 Å². The molecule has 2 aromatic carbocycles. The van der Waals surface area contributed by atoms with E-state index in [4.69, 9.17) is 5.26 Å². The minimum Gasteiger partial charge on any atom is -0.352 e. The Morgan fingerprint density at radius 1 is 1.14 bits per heavy atom. The fraction of sp³-hybridized carbons (Fsp3) is 0.222. The van der Waals surface area contributed by atoms with Crippen LogP contribution in [0.1, 0.15) is 40.0 Å². The van der Waals surface area contributed by atoms with Gasteiger partial charge in [-0.05, 0) is 55.8 Å². The predicted octanol–water partition coefficient (Wildman–Crippen LogP) is 5.07. The second-order valence-electron chi connectivity index (χ2n) is 8.43. The summed E-state index contributed by atoms with van der Waals surface area (Å²) in [5, 5.41) is 11.9. The molecule has 0 bridgehead atoms. The first-order valence-electron chi connectivity index (χ1n) is 11.6. The lowest BCUT2D eigenvalue weighted by atomic mass is 10.1. The Labute approximate surface area is 216 Å². The van der Waals surface area contributed by atoms with Gasteiger partial charge in [-0.1, -0.05) is 23.9 Å². The standard InChI is InChI=1S/C27H25F2N5O2S/c1-18-24(37-22-9-7-19(17-30)8-10-22)16-23(26(35)31-11-4-12-33-14-13-32(33)2)27(36)34(18)21-6-3-5-20(15-21)25(28)29/h3,5-10,13-16,25H,4,11-12H2,1-2H3,(H,31,35). The van der Waals surface area contributed by atoms with Crippen molar-refractivity contribution in [3.63, 3.8) is 0 Å². The lowest BCUT2D eigenvalue weighted by molar-refractivity contribution is 0.0950. The molecule has 0 spiro atoms. The van der Waals surface area contributed by atoms with Crippen LogP contribution in [0.5, 0.6) is 0 Å². The lowest BCUT2D eigenvalue weighted by Gasteiger charge is -2.18. The number of carbonyl (C=O) groups is 1. The molecule has 0 saturated heterocycles. The summed E-state index contributed by atoms with van der Waals surface area (Å²) in [6.45, 7) is 2.79. The number of amides is 1. The number of nitrogens with zero attached hydrogens (tertiary/aromatic N) is 4. The van der Waals surface area contributed by atoms with Crippen LogP contribution in [0.25, 0.3) is 5.69 Å². The Balaban J connectivity index is 1.69. The van der Waals surface area contributed by atoms with Crippen LogP contribution >= 0.6 is 11.8 Å². The molecular formula is C27H25F2N5O2S. The molecular weight excluding hydrogens is 496 g/mol. The molecule has 0 aliphatic heterocycles. The summed E-state index contributed by atoms with van der Waals surface area (Å²) in [6.07, 6.45) is 1.82. The van der Waals surface area contributed by atoms with Crippen LogP contribution in [0.15, 0.2) is 81.6 Å². The van der Waals surface area contributed by atoms with E-state index in [1.165, 1.54) is 40.6 Å². The van der Waals surface area contributed by atoms with Crippen molar-refractivity contribution in [2.24, 2.45) is 7.05 Å². The van der Waals surface area contributed by atoms with Crippen LogP contribution in [0, 0.1) is 18.3 Å². The van der Waals surface area contributed by atoms with Crippen LogP contribution in [0.2, 0.25) is 0 Å². The number of aromatic nitrogens is 3. The van der Waals surface area contributed by atoms with Gasteiger partial charge in [0.25, 0.3) is 17.9 Å². The first-order chi connectivity index (χ1) is 17.8. The molecule has 1 N–H and O–H groups in total. The average Bonchev–Trinajstić information content (AvgIpc) is 2.89. The van der Waals surface area contributed by atoms with Crippen molar-refractivity contribution in [3.05, 3.63) is 99.7 Å². The second kappa shape index (κ2) is 11.3. The van der Waals surface area contributed by atoms with Crippen LogP contribution in [-0.4, -0.2) is 26.4 Å². The Morgan fingerprint density at radius 2 is 1.89 bits per heavy atom. The van der Waals surface area contributed by atoms with Gasteiger partial charge in [0.15, 0.2) is 0 Å². The van der Waals surface area contributed by atoms with E-state index in [0.29, 0.717) is 35.7 Å². The molecule has 0 aliphatic carbocycles. The number of nitrogens with one attached hydrogen (secondary N) is 1. The smallest absolute Gasteiger partial charge is 0.268 e. The molecule has 0 saturated carbocycles. The van der Waals surface area contributed by atoms with E-state index in [1.54, 1.807) is 37.3 Å². The number of carbonyl (C=O) groups excluding carboxylic acids is 1. The molecule has 7 nitrogen and oxygen atoms in total. The molecule has 2 aromatic heterocycles. The summed E-state index contributed by atoms with van der Waals surface area (Å²) in [6, 6.07) is 16.1. The van der Waals surface area contributed by atoms with Gasteiger partial charge in [0.05, 0.1) is 11.6 Å². The highest BCUT2D eigenvalue weighted by Crippen LogP contribution is 2.32. The monoisotopic (exact) mass is 521 g/mol. The van der Waals surface area contributed by atoms with Crippen molar-refractivity contribution < 1.29 is 13.6 Å². The van der Waals surface area contributed by atoms with E-state index in [0.717, 1.165) is 4.90 Å². The molecule has 190 valence electrons. The van der Waals surface area contributed by atoms with Gasteiger partial charge in [0.1, 0.15) is 5.56 Å². The van der Waals surface area contributed by atoms with Gasteiger partial charge in [-0.2, -0.15) is 5.26 Å². The number of rotatable bonds is 9. The fourth-order valence-corrected chi connectivity index (χ4v) is 4.79. The Kier molecular flexibility index (Phi) is 7.94. The SMILES string of the molecule is Cc1c(Sc2ccc(C#N)cc2)cc(C(=O)NCCCn2ccn2C)c(=O)n1-c1cccc(C(F)F)c1. The van der Waals surface area contributed by atoms with Crippen LogP contribution in [-0.2, 0) is 13.6 Å². The van der Waals surface area contributed by atoms with Crippen LogP contribution in [0.3, 0.4) is 0 Å². The second-order valence-corrected chi connectivity index (χ2v) is 9.54. The number of nitriles is 1. The van der Waals surface area contributed by atoms with Gasteiger partial charge in [-0.15, -0.1) is 0 Å². The van der Waals surface area contributed by atoms with Gasteiger partial charge in [0, 0.05) is 59.3 Å². The Morgan fingerprint density at radius 3 is 2.51 bits per heavy atom. The minimum absolute atomic E-state index is 0.0786. The summed E-state index contributed by atoms with van der Waals surface area (Å²) in [4.78, 5) is 28.0. The highest BCUT2D eigenvalue weighted by molar-refractivity contribution is 7.99. The zero-order valence-electron chi connectivity index (χ0n) is 20.3. The van der Waals surface area contributed by atoms with Crippen molar-refractivity contribution in [2.75, 3.05) is 6.54 Å². The van der Waals surface area contributed by atoms with Crippen LogP contribution < -0.4 is 10.9 Å². The molecule has 37 heavy (non-hydrogen) atoms. The maximum atomic E-state index is 13.5. The van der Waals surface area contributed by atoms with Crippen molar-refractivity contribution in [1.82, 2.24) is 19.2 Å². The lowest BCUT2D eigenvalue weighted by Crippen LogP contribution is -2.34. The third-order valence-electron chi connectivity index (χ3n) is 5.95. The largest absolute Gasteiger partial charge is 0.352 e. The highest BCUT2D eigenvalue weighted by Gasteiger charge is 2.20. The van der Waals surface area contributed by atoms with Gasteiger partial charge < -0.3 is 5.32 Å². The number of halogens is 2. The molecule has 0 aliphatic rings. The first-order valence-corrected chi connectivity index (χ1v) is 12.4. The van der Waals surface area contributed by atoms with Crippen molar-refractivity contribution in [1.29, 1.82) is 5.26 Å². The number of benzene rings is 2. The summed E-state index contributed by atoms with van der Waals surface area (Å²) in [5.74, 6) is -0.530. The molecule has 1 amide bonds. The Hall–Kier alpha value is -4.10. The Bertz CT molecular complexity index is 1510. The normalized spacial score (nSPS) is 11.0. The highest BCUT2D eigenvalue weighted by atomic mass is 32.2. The molecule has 4 aromatic rings. The fourth-order valence-electron chi connectivity index (χ4n) is 3.85. The predicted molar refractivity (Wildman–Crippen MR) is 137 cm³/mol. The molecule has 4 rings (SSSR count). The number of hydrogen-bond donors (Lipinski definition) is 1. The van der Waals surface area contributed by atoms with Gasteiger partial charge in [-0.25, -0.2) is 8.78 Å². The number of alkyl halides is 2. The summed E-state index contributed by atoms with van der Waals surface area (Å²) < 4.78 is 32.0. The minimum atomic E-state index is -2.70. The van der Waals surface area contributed by atoms with Gasteiger partial charge in [0.2, 0.25) is 0 Å². The molecule has 10 heteroatoms. The van der Waals surface area contributed by atoms with E-state index in [1.807, 2.05) is 28.8 Å². The number of aryl methyl sites for hydroxylation is 2. The third-order valence-corrected chi connectivity index (χ3v) is 7.09. The first kappa shape index (κ1) is 26.0. The van der Waals surface area contributed by atoms with Gasteiger partial charge in [-0.3, -0.25) is 23.5 Å². The maximum absolute atomic E-state index is 13.5. The molecule has 2 heterocycles. The van der Waals surface area contributed by atoms with Gasteiger partial charge >= 0.3 is 0 Å². The quantitative estimate of drug-likeness (QED) is 0.312. The van der Waals surface area contributed by atoms with Crippen molar-refractivity contribution in [2.45, 2.75) is 36.1 Å². The molecule has 0 unspecified atom stereocenters.